The monoisotopic (exact) mass is 322 g/mol. The van der Waals surface area contributed by atoms with Gasteiger partial charge in [-0.2, -0.15) is 5.10 Å². The molecule has 0 fully saturated rings. The first-order valence-electron chi connectivity index (χ1n) is 6.05. The third-order valence-electron chi connectivity index (χ3n) is 2.84. The third kappa shape index (κ3) is 3.04. The van der Waals surface area contributed by atoms with Crippen LogP contribution in [0.25, 0.3) is 0 Å². The van der Waals surface area contributed by atoms with Crippen LogP contribution in [0.15, 0.2) is 28.7 Å². The van der Waals surface area contributed by atoms with E-state index in [1.807, 2.05) is 18.5 Å². The third-order valence-corrected chi connectivity index (χ3v) is 3.88. The molecule has 0 aliphatic heterocycles. The van der Waals surface area contributed by atoms with E-state index in [0.29, 0.717) is 12.2 Å². The molecule has 0 spiro atoms. The summed E-state index contributed by atoms with van der Waals surface area (Å²) in [7, 11) is 0. The van der Waals surface area contributed by atoms with Gasteiger partial charge >= 0.3 is 0 Å². The molecule has 1 aromatic heterocycles. The molecule has 19 heavy (non-hydrogen) atoms. The van der Waals surface area contributed by atoms with E-state index in [1.165, 1.54) is 0 Å². The van der Waals surface area contributed by atoms with E-state index >= 15 is 0 Å². The van der Waals surface area contributed by atoms with Crippen molar-refractivity contribution in [2.24, 2.45) is 0 Å². The van der Waals surface area contributed by atoms with Crippen molar-refractivity contribution in [2.45, 2.75) is 27.0 Å². The second kappa shape index (κ2) is 6.02. The Hall–Kier alpha value is -1.62. The normalized spacial score (nSPS) is 10.5. The molecule has 0 unspecified atom stereocenters. The van der Waals surface area contributed by atoms with E-state index in [2.05, 4.69) is 21.0 Å². The first-order valence-corrected chi connectivity index (χ1v) is 6.84. The Morgan fingerprint density at radius 2 is 2.05 bits per heavy atom. The minimum atomic E-state index is 0.440. The first-order chi connectivity index (χ1) is 9.15. The zero-order valence-electron chi connectivity index (χ0n) is 10.9. The fraction of sp³-hybridized carbons (Fsp3) is 0.286. The Morgan fingerprint density at radius 3 is 2.63 bits per heavy atom. The lowest BCUT2D eigenvalue weighted by atomic mass is 10.2. The van der Waals surface area contributed by atoms with Gasteiger partial charge in [-0.1, -0.05) is 0 Å². The smallest absolute Gasteiger partial charge is 0.150 e. The molecule has 0 atom stereocenters. The van der Waals surface area contributed by atoms with Gasteiger partial charge in [0, 0.05) is 12.1 Å². The summed E-state index contributed by atoms with van der Waals surface area (Å²) in [5.41, 5.74) is 2.61. The zero-order valence-corrected chi connectivity index (χ0v) is 12.5. The Labute approximate surface area is 120 Å². The fourth-order valence-corrected chi connectivity index (χ4v) is 2.20. The van der Waals surface area contributed by atoms with Gasteiger partial charge in [0.1, 0.15) is 18.6 Å². The number of nitrogens with zero attached hydrogens (tertiary/aromatic N) is 2. The van der Waals surface area contributed by atoms with Gasteiger partial charge in [-0.3, -0.25) is 9.48 Å². The minimum Gasteiger partial charge on any atom is -0.487 e. The number of hydrogen-bond donors (Lipinski definition) is 0. The number of halogens is 1. The van der Waals surface area contributed by atoms with Crippen LogP contribution >= 0.6 is 15.9 Å². The molecular formula is C14H15BrN2O2. The topological polar surface area (TPSA) is 44.1 Å². The maximum atomic E-state index is 10.6. The lowest BCUT2D eigenvalue weighted by Gasteiger charge is -2.08. The Balaban J connectivity index is 2.11. The summed E-state index contributed by atoms with van der Waals surface area (Å²) in [6, 6.07) is 7.05. The highest BCUT2D eigenvalue weighted by molar-refractivity contribution is 9.10. The average Bonchev–Trinajstić information content (AvgIpc) is 2.72. The second-order valence-corrected chi connectivity index (χ2v) is 4.93. The van der Waals surface area contributed by atoms with Crippen molar-refractivity contribution in [3.8, 4) is 5.75 Å². The highest BCUT2D eigenvalue weighted by Crippen LogP contribution is 2.23. The van der Waals surface area contributed by atoms with Crippen LogP contribution in [0.4, 0.5) is 0 Å². The van der Waals surface area contributed by atoms with E-state index in [0.717, 1.165) is 34.4 Å². The summed E-state index contributed by atoms with van der Waals surface area (Å²) in [6.07, 6.45) is 0.815. The lowest BCUT2D eigenvalue weighted by molar-refractivity contribution is 0.112. The fourth-order valence-electron chi connectivity index (χ4n) is 1.80. The number of carbonyl (C=O) groups is 1. The quantitative estimate of drug-likeness (QED) is 0.793. The summed E-state index contributed by atoms with van der Waals surface area (Å²) in [5, 5.41) is 4.41. The molecular weight excluding hydrogens is 308 g/mol. The largest absolute Gasteiger partial charge is 0.487 e. The summed E-state index contributed by atoms with van der Waals surface area (Å²) in [5.74, 6) is 0.735. The highest BCUT2D eigenvalue weighted by Gasteiger charge is 2.12. The number of carbonyl (C=O) groups excluding carboxylic acids is 1. The van der Waals surface area contributed by atoms with Crippen molar-refractivity contribution in [3.05, 3.63) is 45.7 Å². The molecule has 0 radical (unpaired) electrons. The van der Waals surface area contributed by atoms with Crippen molar-refractivity contribution >= 4 is 22.2 Å². The number of rotatable bonds is 5. The van der Waals surface area contributed by atoms with Gasteiger partial charge in [-0.15, -0.1) is 0 Å². The van der Waals surface area contributed by atoms with E-state index in [1.54, 1.807) is 24.3 Å². The van der Waals surface area contributed by atoms with Crippen LogP contribution in [0.3, 0.4) is 0 Å². The first kappa shape index (κ1) is 13.8. The molecule has 0 N–H and O–H groups in total. The lowest BCUT2D eigenvalue weighted by Crippen LogP contribution is -2.06. The molecule has 100 valence electrons. The highest BCUT2D eigenvalue weighted by atomic mass is 79.9. The van der Waals surface area contributed by atoms with E-state index in [4.69, 9.17) is 4.74 Å². The van der Waals surface area contributed by atoms with Crippen LogP contribution < -0.4 is 4.74 Å². The predicted molar refractivity (Wildman–Crippen MR) is 76.5 cm³/mol. The molecule has 0 aliphatic carbocycles. The second-order valence-electron chi connectivity index (χ2n) is 4.14. The molecule has 5 heteroatoms. The minimum absolute atomic E-state index is 0.440. The average molecular weight is 323 g/mol. The maximum Gasteiger partial charge on any atom is 0.150 e. The van der Waals surface area contributed by atoms with Crippen LogP contribution in [-0.2, 0) is 13.2 Å². The van der Waals surface area contributed by atoms with Crippen molar-refractivity contribution in [3.63, 3.8) is 0 Å². The van der Waals surface area contributed by atoms with Gasteiger partial charge in [-0.25, -0.2) is 0 Å². The predicted octanol–water partition coefficient (Wildman–Crippen LogP) is 3.37. The van der Waals surface area contributed by atoms with Gasteiger partial charge in [-0.05, 0) is 54.0 Å². The van der Waals surface area contributed by atoms with Crippen LogP contribution in [0, 0.1) is 6.92 Å². The molecule has 1 aromatic carbocycles. The molecule has 0 saturated heterocycles. The van der Waals surface area contributed by atoms with Crippen LogP contribution in [-0.4, -0.2) is 16.1 Å². The van der Waals surface area contributed by atoms with E-state index in [-0.39, 0.29) is 0 Å². The van der Waals surface area contributed by atoms with Crippen molar-refractivity contribution in [1.82, 2.24) is 9.78 Å². The Bertz CT molecular complexity index is 576. The van der Waals surface area contributed by atoms with Gasteiger partial charge in [0.2, 0.25) is 0 Å². The van der Waals surface area contributed by atoms with E-state index in [9.17, 15) is 4.79 Å². The van der Waals surface area contributed by atoms with Crippen molar-refractivity contribution < 1.29 is 9.53 Å². The molecule has 1 heterocycles. The number of ether oxygens (including phenoxy) is 1. The summed E-state index contributed by atoms with van der Waals surface area (Å²) < 4.78 is 8.62. The molecule has 0 saturated carbocycles. The molecule has 0 amide bonds. The zero-order chi connectivity index (χ0) is 13.8. The standard InChI is InChI=1S/C14H15BrN2O2/c1-3-17-13(14(15)10(2)16-17)9-19-12-6-4-11(8-18)5-7-12/h4-8H,3,9H2,1-2H3. The number of aldehydes is 1. The van der Waals surface area contributed by atoms with Crippen molar-refractivity contribution in [1.29, 1.82) is 0 Å². The molecule has 2 rings (SSSR count). The number of benzene rings is 1. The number of aryl methyl sites for hydroxylation is 2. The number of aromatic nitrogens is 2. The summed E-state index contributed by atoms with van der Waals surface area (Å²) in [4.78, 5) is 10.6. The Morgan fingerprint density at radius 1 is 1.37 bits per heavy atom. The van der Waals surface area contributed by atoms with Gasteiger partial charge < -0.3 is 4.74 Å². The maximum absolute atomic E-state index is 10.6. The molecule has 0 bridgehead atoms. The van der Waals surface area contributed by atoms with Crippen LogP contribution in [0.5, 0.6) is 5.75 Å². The number of hydrogen-bond acceptors (Lipinski definition) is 3. The van der Waals surface area contributed by atoms with Gasteiger partial charge in [0.25, 0.3) is 0 Å². The SMILES string of the molecule is CCn1nc(C)c(Br)c1COc1ccc(C=O)cc1. The summed E-state index contributed by atoms with van der Waals surface area (Å²) in [6.45, 7) is 5.24. The van der Waals surface area contributed by atoms with Gasteiger partial charge in [0.15, 0.2) is 0 Å². The van der Waals surface area contributed by atoms with Gasteiger partial charge in [0.05, 0.1) is 15.9 Å². The summed E-state index contributed by atoms with van der Waals surface area (Å²) >= 11 is 3.53. The Kier molecular flexibility index (Phi) is 4.37. The van der Waals surface area contributed by atoms with Crippen molar-refractivity contribution in [2.75, 3.05) is 0 Å². The van der Waals surface area contributed by atoms with Crippen LogP contribution in [0.1, 0.15) is 28.7 Å². The van der Waals surface area contributed by atoms with Crippen LogP contribution in [0.2, 0.25) is 0 Å². The molecule has 2 aromatic rings. The molecule has 4 nitrogen and oxygen atoms in total. The molecule has 0 aliphatic rings. The van der Waals surface area contributed by atoms with E-state index < -0.39 is 0 Å².